The SMILES string of the molecule is CC(=O)c1ccc2c(c1)N(CCC(=O)N(Cc1ccccc1)c1ccccc1)C(=O)CO2. The van der Waals surface area contributed by atoms with Gasteiger partial charge in [0.25, 0.3) is 5.91 Å². The monoisotopic (exact) mass is 428 g/mol. The summed E-state index contributed by atoms with van der Waals surface area (Å²) in [6.45, 7) is 2.02. The minimum Gasteiger partial charge on any atom is -0.482 e. The first-order valence-corrected chi connectivity index (χ1v) is 10.5. The van der Waals surface area contributed by atoms with Crippen LogP contribution in [-0.2, 0) is 16.1 Å². The average Bonchev–Trinajstić information content (AvgIpc) is 2.82. The number of rotatable bonds is 7. The highest BCUT2D eigenvalue weighted by atomic mass is 16.5. The lowest BCUT2D eigenvalue weighted by atomic mass is 10.1. The van der Waals surface area contributed by atoms with Crippen molar-refractivity contribution in [1.29, 1.82) is 0 Å². The van der Waals surface area contributed by atoms with Crippen LogP contribution in [0.25, 0.3) is 0 Å². The van der Waals surface area contributed by atoms with Gasteiger partial charge in [0.1, 0.15) is 5.75 Å². The first kappa shape index (κ1) is 21.3. The molecule has 1 aliphatic heterocycles. The molecule has 4 rings (SSSR count). The second-order valence-electron chi connectivity index (χ2n) is 7.62. The van der Waals surface area contributed by atoms with E-state index in [9.17, 15) is 14.4 Å². The number of ketones is 1. The molecule has 1 heterocycles. The number of amides is 2. The first-order valence-electron chi connectivity index (χ1n) is 10.5. The van der Waals surface area contributed by atoms with E-state index in [1.807, 2.05) is 60.7 Å². The van der Waals surface area contributed by atoms with Gasteiger partial charge in [0.15, 0.2) is 12.4 Å². The van der Waals surface area contributed by atoms with Crippen LogP contribution in [0.3, 0.4) is 0 Å². The fraction of sp³-hybridized carbons (Fsp3) is 0.192. The number of hydrogen-bond donors (Lipinski definition) is 0. The Bertz CT molecular complexity index is 1130. The molecule has 6 heteroatoms. The molecule has 1 aliphatic rings. The molecule has 0 unspecified atom stereocenters. The molecule has 3 aromatic carbocycles. The Balaban J connectivity index is 1.55. The molecule has 0 radical (unpaired) electrons. The average molecular weight is 428 g/mol. The summed E-state index contributed by atoms with van der Waals surface area (Å²) < 4.78 is 5.51. The Kier molecular flexibility index (Phi) is 6.31. The molecule has 0 N–H and O–H groups in total. The van der Waals surface area contributed by atoms with E-state index in [4.69, 9.17) is 4.74 Å². The molecule has 0 aliphatic carbocycles. The quantitative estimate of drug-likeness (QED) is 0.528. The molecule has 0 saturated carbocycles. The van der Waals surface area contributed by atoms with Crippen LogP contribution >= 0.6 is 0 Å². The molecular weight excluding hydrogens is 404 g/mol. The van der Waals surface area contributed by atoms with Crippen molar-refractivity contribution in [2.45, 2.75) is 19.9 Å². The van der Waals surface area contributed by atoms with Crippen LogP contribution in [0.4, 0.5) is 11.4 Å². The number of hydrogen-bond acceptors (Lipinski definition) is 4. The number of para-hydroxylation sites is 1. The fourth-order valence-electron chi connectivity index (χ4n) is 3.71. The summed E-state index contributed by atoms with van der Waals surface area (Å²) in [5.74, 6) is 0.107. The van der Waals surface area contributed by atoms with E-state index < -0.39 is 0 Å². The molecule has 0 saturated heterocycles. The fourth-order valence-corrected chi connectivity index (χ4v) is 3.71. The van der Waals surface area contributed by atoms with Crippen molar-refractivity contribution in [1.82, 2.24) is 0 Å². The summed E-state index contributed by atoms with van der Waals surface area (Å²) in [5.41, 5.74) is 2.84. The smallest absolute Gasteiger partial charge is 0.265 e. The molecule has 2 amide bonds. The van der Waals surface area contributed by atoms with Gasteiger partial charge in [0.05, 0.1) is 12.2 Å². The van der Waals surface area contributed by atoms with Crippen molar-refractivity contribution in [3.8, 4) is 5.75 Å². The maximum absolute atomic E-state index is 13.3. The van der Waals surface area contributed by atoms with Gasteiger partial charge in [-0.05, 0) is 42.8 Å². The summed E-state index contributed by atoms with van der Waals surface area (Å²) in [4.78, 5) is 40.9. The van der Waals surface area contributed by atoms with Crippen LogP contribution in [0.2, 0.25) is 0 Å². The van der Waals surface area contributed by atoms with E-state index in [1.54, 1.807) is 23.1 Å². The lowest BCUT2D eigenvalue weighted by Gasteiger charge is -2.30. The standard InChI is InChI=1S/C26H24N2O4/c1-19(29)21-12-13-24-23(16-21)27(26(31)18-32-24)15-14-25(30)28(22-10-6-3-7-11-22)17-20-8-4-2-5-9-20/h2-13,16H,14-15,17-18H2,1H3. The number of ether oxygens (including phenoxy) is 1. The minimum atomic E-state index is -0.236. The van der Waals surface area contributed by atoms with Crippen LogP contribution in [0, 0.1) is 0 Å². The summed E-state index contributed by atoms with van der Waals surface area (Å²) in [6.07, 6.45) is 0.136. The highest BCUT2D eigenvalue weighted by Gasteiger charge is 2.27. The van der Waals surface area contributed by atoms with Gasteiger partial charge in [-0.15, -0.1) is 0 Å². The van der Waals surface area contributed by atoms with Gasteiger partial charge in [-0.1, -0.05) is 48.5 Å². The molecule has 0 aromatic heterocycles. The molecule has 0 spiro atoms. The predicted molar refractivity (Wildman–Crippen MR) is 123 cm³/mol. The van der Waals surface area contributed by atoms with Crippen LogP contribution in [-0.4, -0.2) is 30.7 Å². The lowest BCUT2D eigenvalue weighted by molar-refractivity contribution is -0.121. The summed E-state index contributed by atoms with van der Waals surface area (Å²) in [7, 11) is 0. The van der Waals surface area contributed by atoms with Gasteiger partial charge in [-0.25, -0.2) is 0 Å². The zero-order chi connectivity index (χ0) is 22.5. The maximum atomic E-state index is 13.3. The Morgan fingerprint density at radius 3 is 2.34 bits per heavy atom. The van der Waals surface area contributed by atoms with Crippen molar-refractivity contribution in [3.63, 3.8) is 0 Å². The Labute approximate surface area is 187 Å². The Morgan fingerprint density at radius 1 is 0.969 bits per heavy atom. The molecule has 0 atom stereocenters. The highest BCUT2D eigenvalue weighted by Crippen LogP contribution is 2.33. The zero-order valence-corrected chi connectivity index (χ0v) is 17.9. The van der Waals surface area contributed by atoms with Gasteiger partial charge in [0.2, 0.25) is 5.91 Å². The van der Waals surface area contributed by atoms with Crippen LogP contribution in [0.15, 0.2) is 78.9 Å². The third kappa shape index (κ3) is 4.70. The summed E-state index contributed by atoms with van der Waals surface area (Å²) >= 11 is 0. The Morgan fingerprint density at radius 2 is 1.66 bits per heavy atom. The summed E-state index contributed by atoms with van der Waals surface area (Å²) in [6, 6.07) is 24.3. The number of fused-ring (bicyclic) bond motifs is 1. The third-order valence-corrected chi connectivity index (χ3v) is 5.41. The number of anilines is 2. The number of carbonyl (C=O) groups excluding carboxylic acids is 3. The first-order chi connectivity index (χ1) is 15.5. The van der Waals surface area contributed by atoms with Crippen molar-refractivity contribution in [3.05, 3.63) is 90.0 Å². The van der Waals surface area contributed by atoms with Crippen LogP contribution in [0.5, 0.6) is 5.75 Å². The zero-order valence-electron chi connectivity index (χ0n) is 17.9. The molecule has 0 bridgehead atoms. The third-order valence-electron chi connectivity index (χ3n) is 5.41. The van der Waals surface area contributed by atoms with Gasteiger partial charge in [0, 0.05) is 24.2 Å². The van der Waals surface area contributed by atoms with Gasteiger partial charge in [-0.3, -0.25) is 14.4 Å². The normalized spacial score (nSPS) is 12.7. The van der Waals surface area contributed by atoms with Crippen LogP contribution < -0.4 is 14.5 Å². The van der Waals surface area contributed by atoms with Crippen molar-refractivity contribution < 1.29 is 19.1 Å². The van der Waals surface area contributed by atoms with E-state index in [1.165, 1.54) is 11.8 Å². The summed E-state index contributed by atoms with van der Waals surface area (Å²) in [5, 5.41) is 0. The molecule has 0 fully saturated rings. The number of benzene rings is 3. The molecule has 3 aromatic rings. The van der Waals surface area contributed by atoms with E-state index >= 15 is 0 Å². The second kappa shape index (κ2) is 9.47. The molecule has 32 heavy (non-hydrogen) atoms. The van der Waals surface area contributed by atoms with Gasteiger partial charge >= 0.3 is 0 Å². The van der Waals surface area contributed by atoms with Crippen molar-refractivity contribution >= 4 is 29.0 Å². The van der Waals surface area contributed by atoms with Crippen molar-refractivity contribution in [2.75, 3.05) is 23.0 Å². The number of nitrogens with zero attached hydrogens (tertiary/aromatic N) is 2. The van der Waals surface area contributed by atoms with E-state index in [0.29, 0.717) is 23.5 Å². The predicted octanol–water partition coefficient (Wildman–Crippen LogP) is 4.24. The number of carbonyl (C=O) groups is 3. The van der Waals surface area contributed by atoms with Gasteiger partial charge in [-0.2, -0.15) is 0 Å². The minimum absolute atomic E-state index is 0.0903. The molecular formula is C26H24N2O4. The number of Topliss-reactive ketones (excluding diaryl/α,β-unsaturated/α-hetero) is 1. The van der Waals surface area contributed by atoms with Gasteiger partial charge < -0.3 is 14.5 Å². The topological polar surface area (TPSA) is 66.9 Å². The Hall–Kier alpha value is -3.93. The van der Waals surface area contributed by atoms with Crippen molar-refractivity contribution in [2.24, 2.45) is 0 Å². The largest absolute Gasteiger partial charge is 0.482 e. The second-order valence-corrected chi connectivity index (χ2v) is 7.62. The van der Waals surface area contributed by atoms with E-state index in [2.05, 4.69) is 0 Å². The van der Waals surface area contributed by atoms with E-state index in [0.717, 1.165) is 11.3 Å². The molecule has 6 nitrogen and oxygen atoms in total. The maximum Gasteiger partial charge on any atom is 0.265 e. The molecule has 162 valence electrons. The highest BCUT2D eigenvalue weighted by molar-refractivity contribution is 6.02. The van der Waals surface area contributed by atoms with Crippen LogP contribution in [0.1, 0.15) is 29.3 Å². The lowest BCUT2D eigenvalue weighted by Crippen LogP contribution is -2.41. The van der Waals surface area contributed by atoms with E-state index in [-0.39, 0.29) is 37.2 Å².